The van der Waals surface area contributed by atoms with E-state index >= 15 is 0 Å². The van der Waals surface area contributed by atoms with Crippen molar-refractivity contribution in [2.75, 3.05) is 7.05 Å². The van der Waals surface area contributed by atoms with Gasteiger partial charge in [0.15, 0.2) is 5.82 Å². The zero-order valence-corrected chi connectivity index (χ0v) is 18.7. The third kappa shape index (κ3) is 6.33. The molecule has 0 saturated heterocycles. The fourth-order valence-electron chi connectivity index (χ4n) is 2.47. The van der Waals surface area contributed by atoms with Crippen LogP contribution in [-0.4, -0.2) is 46.6 Å². The number of hydrogen-bond acceptors (Lipinski definition) is 7. The maximum atomic E-state index is 14.2. The quantitative estimate of drug-likeness (QED) is 0.438. The predicted molar refractivity (Wildman–Crippen MR) is 116 cm³/mol. The van der Waals surface area contributed by atoms with Crippen molar-refractivity contribution >= 4 is 33.3 Å². The van der Waals surface area contributed by atoms with E-state index in [1.165, 1.54) is 29.7 Å². The Hall–Kier alpha value is -3.35. The van der Waals surface area contributed by atoms with Crippen molar-refractivity contribution in [3.63, 3.8) is 0 Å². The van der Waals surface area contributed by atoms with Crippen molar-refractivity contribution in [1.82, 2.24) is 14.3 Å². The van der Waals surface area contributed by atoms with Crippen LogP contribution in [-0.2, 0) is 26.2 Å². The molecule has 0 unspecified atom stereocenters. The predicted octanol–water partition coefficient (Wildman–Crippen LogP) is 2.73. The highest BCUT2D eigenvalue weighted by atomic mass is 32.2. The molecule has 1 aromatic carbocycles. The first-order valence-electron chi connectivity index (χ1n) is 9.00. The molecule has 3 N–H and O–H groups in total. The second-order valence-electron chi connectivity index (χ2n) is 6.24. The number of benzene rings is 1. The zero-order chi connectivity index (χ0) is 23.9. The number of halogens is 1. The largest absolute Gasteiger partial charge is 0.478 e. The SMILES string of the molecule is CNCc1cn(S(=O)(=O)c2ccc(C)s2)c(-c2ccccc2F)n1.O=C(O)/C=C/C(=O)O. The third-order valence-electron chi connectivity index (χ3n) is 3.79. The molecule has 0 radical (unpaired) electrons. The Kier molecular flexibility index (Phi) is 8.41. The van der Waals surface area contributed by atoms with E-state index < -0.39 is 27.8 Å². The number of nitrogens with zero attached hydrogens (tertiary/aromatic N) is 2. The van der Waals surface area contributed by atoms with E-state index in [9.17, 15) is 22.4 Å². The Balaban J connectivity index is 0.000000390. The average molecular weight is 482 g/mol. The molecule has 0 spiro atoms. The molecule has 2 aromatic heterocycles. The van der Waals surface area contributed by atoms with Gasteiger partial charge in [0.05, 0.1) is 11.3 Å². The third-order valence-corrected chi connectivity index (χ3v) is 6.91. The molecule has 12 heteroatoms. The van der Waals surface area contributed by atoms with Crippen LogP contribution in [0.2, 0.25) is 0 Å². The summed E-state index contributed by atoms with van der Waals surface area (Å²) in [7, 11) is -2.10. The van der Waals surface area contributed by atoms with Gasteiger partial charge in [-0.2, -0.15) is 8.42 Å². The van der Waals surface area contributed by atoms with Crippen molar-refractivity contribution in [1.29, 1.82) is 0 Å². The first-order chi connectivity index (χ1) is 15.1. The molecule has 0 bridgehead atoms. The van der Waals surface area contributed by atoms with Crippen molar-refractivity contribution < 1.29 is 32.6 Å². The summed E-state index contributed by atoms with van der Waals surface area (Å²) < 4.78 is 41.4. The molecule has 2 heterocycles. The number of imidazole rings is 1. The molecule has 0 fully saturated rings. The molecular formula is C20H20FN3O6S2. The average Bonchev–Trinajstić information content (AvgIpc) is 3.35. The minimum absolute atomic E-state index is 0.0735. The summed E-state index contributed by atoms with van der Waals surface area (Å²) in [5.41, 5.74) is 0.671. The lowest BCUT2D eigenvalue weighted by Gasteiger charge is -2.08. The van der Waals surface area contributed by atoms with Crippen LogP contribution in [0.1, 0.15) is 10.6 Å². The van der Waals surface area contributed by atoms with Gasteiger partial charge in [-0.15, -0.1) is 11.3 Å². The van der Waals surface area contributed by atoms with Gasteiger partial charge in [0.25, 0.3) is 10.0 Å². The number of thiophene rings is 1. The number of aromatic nitrogens is 2. The zero-order valence-electron chi connectivity index (χ0n) is 17.0. The Morgan fingerprint density at radius 3 is 2.28 bits per heavy atom. The molecule has 0 saturated carbocycles. The van der Waals surface area contributed by atoms with E-state index in [0.717, 1.165) is 8.85 Å². The van der Waals surface area contributed by atoms with E-state index in [1.54, 1.807) is 31.3 Å². The first-order valence-corrected chi connectivity index (χ1v) is 11.3. The van der Waals surface area contributed by atoms with Crippen LogP contribution in [0.3, 0.4) is 0 Å². The maximum absolute atomic E-state index is 14.2. The van der Waals surface area contributed by atoms with Gasteiger partial charge >= 0.3 is 11.9 Å². The number of carbonyl (C=O) groups is 2. The molecule has 3 aromatic rings. The number of aliphatic carboxylic acids is 2. The standard InChI is InChI=1S/C16H16FN3O2S2.C4H4O4/c1-11-7-8-15(23-11)24(21,22)20-10-12(9-18-2)19-16(20)13-5-3-4-6-14(13)17;5-3(6)1-2-4(7)8/h3-8,10,18H,9H2,1-2H3;1-2H,(H,5,6)(H,7,8)/b;2-1+. The van der Waals surface area contributed by atoms with Crippen LogP contribution in [0.25, 0.3) is 11.4 Å². The van der Waals surface area contributed by atoms with Gasteiger partial charge in [0.1, 0.15) is 10.0 Å². The lowest BCUT2D eigenvalue weighted by molar-refractivity contribution is -0.134. The molecule has 0 aliphatic heterocycles. The van der Waals surface area contributed by atoms with Gasteiger partial charge in [-0.1, -0.05) is 12.1 Å². The number of hydrogen-bond donors (Lipinski definition) is 3. The molecule has 3 rings (SSSR count). The number of aryl methyl sites for hydroxylation is 1. The Bertz CT molecular complexity index is 1230. The van der Waals surface area contributed by atoms with Crippen molar-refractivity contribution in [3.05, 3.63) is 71.1 Å². The van der Waals surface area contributed by atoms with Crippen LogP contribution < -0.4 is 5.32 Å². The summed E-state index contributed by atoms with van der Waals surface area (Å²) in [5, 5.41) is 18.5. The Morgan fingerprint density at radius 2 is 1.78 bits per heavy atom. The van der Waals surface area contributed by atoms with Gasteiger partial charge in [-0.25, -0.2) is 22.9 Å². The van der Waals surface area contributed by atoms with Crippen molar-refractivity contribution in [2.24, 2.45) is 0 Å². The van der Waals surface area contributed by atoms with E-state index in [1.807, 2.05) is 6.92 Å². The molecule has 0 amide bonds. The van der Waals surface area contributed by atoms with Crippen LogP contribution in [0, 0.1) is 12.7 Å². The molecule has 170 valence electrons. The van der Waals surface area contributed by atoms with E-state index in [-0.39, 0.29) is 15.6 Å². The van der Waals surface area contributed by atoms with Crippen molar-refractivity contribution in [2.45, 2.75) is 17.7 Å². The summed E-state index contributed by atoms with van der Waals surface area (Å²) in [6.45, 7) is 2.22. The van der Waals surface area contributed by atoms with Gasteiger partial charge in [-0.05, 0) is 38.2 Å². The lowest BCUT2D eigenvalue weighted by atomic mass is 10.2. The smallest absolute Gasteiger partial charge is 0.328 e. The normalized spacial score (nSPS) is 11.2. The molecular weight excluding hydrogens is 461 g/mol. The molecule has 32 heavy (non-hydrogen) atoms. The molecule has 0 aliphatic carbocycles. The highest BCUT2D eigenvalue weighted by Gasteiger charge is 2.25. The summed E-state index contributed by atoms with van der Waals surface area (Å²) in [5.74, 6) is -2.96. The second-order valence-corrected chi connectivity index (χ2v) is 9.57. The fraction of sp³-hybridized carbons (Fsp3) is 0.150. The van der Waals surface area contributed by atoms with Gasteiger partial charge in [0, 0.05) is 29.8 Å². The van der Waals surface area contributed by atoms with Gasteiger partial charge in [-0.3, -0.25) is 0 Å². The van der Waals surface area contributed by atoms with Crippen molar-refractivity contribution in [3.8, 4) is 11.4 Å². The Morgan fingerprint density at radius 1 is 1.16 bits per heavy atom. The summed E-state index contributed by atoms with van der Waals surface area (Å²) >= 11 is 1.17. The minimum atomic E-state index is -3.83. The molecule has 9 nitrogen and oxygen atoms in total. The lowest BCUT2D eigenvalue weighted by Crippen LogP contribution is -2.12. The number of rotatable bonds is 7. The monoisotopic (exact) mass is 481 g/mol. The van der Waals surface area contributed by atoms with Crippen LogP contribution in [0.5, 0.6) is 0 Å². The number of carboxylic acids is 2. The maximum Gasteiger partial charge on any atom is 0.328 e. The summed E-state index contributed by atoms with van der Waals surface area (Å²) in [4.78, 5) is 24.3. The van der Waals surface area contributed by atoms with E-state index in [2.05, 4.69) is 10.3 Å². The van der Waals surface area contributed by atoms with Gasteiger partial charge < -0.3 is 15.5 Å². The van der Waals surface area contributed by atoms with Crippen LogP contribution in [0.4, 0.5) is 4.39 Å². The summed E-state index contributed by atoms with van der Waals surface area (Å²) in [6.07, 6.45) is 2.55. The van der Waals surface area contributed by atoms with Gasteiger partial charge in [0.2, 0.25) is 0 Å². The number of carboxylic acid groups (broad SMARTS) is 2. The second kappa shape index (κ2) is 10.8. The molecule has 0 aliphatic rings. The van der Waals surface area contributed by atoms with Crippen LogP contribution >= 0.6 is 11.3 Å². The van der Waals surface area contributed by atoms with E-state index in [0.29, 0.717) is 24.4 Å². The first kappa shape index (κ1) is 24.9. The minimum Gasteiger partial charge on any atom is -0.478 e. The molecule has 0 atom stereocenters. The fourth-order valence-corrected chi connectivity index (χ4v) is 5.18. The summed E-state index contributed by atoms with van der Waals surface area (Å²) in [6, 6.07) is 9.30. The number of nitrogens with one attached hydrogen (secondary N) is 1. The van der Waals surface area contributed by atoms with E-state index in [4.69, 9.17) is 10.2 Å². The highest BCUT2D eigenvalue weighted by molar-refractivity contribution is 7.92. The van der Waals surface area contributed by atoms with Crippen LogP contribution in [0.15, 0.2) is 59.0 Å². The highest BCUT2D eigenvalue weighted by Crippen LogP contribution is 2.29. The Labute approximate surface area is 187 Å². The topological polar surface area (TPSA) is 139 Å².